The molecule has 1 aromatic heterocycles. The molecule has 3 rings (SSSR count). The first-order valence-corrected chi connectivity index (χ1v) is 11.2. The van der Waals surface area contributed by atoms with Crippen molar-refractivity contribution in [3.8, 4) is 17.2 Å². The van der Waals surface area contributed by atoms with E-state index in [-0.39, 0.29) is 5.91 Å². The maximum atomic E-state index is 12.2. The summed E-state index contributed by atoms with van der Waals surface area (Å²) in [6.07, 6.45) is 5.56. The Labute approximate surface area is 195 Å². The number of pyridine rings is 1. The largest absolute Gasteiger partial charge is 0.493 e. The van der Waals surface area contributed by atoms with E-state index in [2.05, 4.69) is 29.4 Å². The summed E-state index contributed by atoms with van der Waals surface area (Å²) in [4.78, 5) is 16.2. The van der Waals surface area contributed by atoms with Gasteiger partial charge in [-0.25, -0.2) is 0 Å². The van der Waals surface area contributed by atoms with Gasteiger partial charge in [-0.15, -0.1) is 0 Å². The van der Waals surface area contributed by atoms with Gasteiger partial charge < -0.3 is 19.5 Å². The molecule has 0 aliphatic carbocycles. The topological polar surface area (TPSA) is 69.7 Å². The van der Waals surface area contributed by atoms with Crippen molar-refractivity contribution in [3.63, 3.8) is 0 Å². The third-order valence-electron chi connectivity index (χ3n) is 5.26. The van der Waals surface area contributed by atoms with Crippen LogP contribution >= 0.6 is 0 Å². The van der Waals surface area contributed by atoms with E-state index in [9.17, 15) is 4.79 Å². The Hall–Kier alpha value is -3.54. The maximum Gasteiger partial charge on any atom is 0.220 e. The van der Waals surface area contributed by atoms with Crippen LogP contribution in [0.4, 0.5) is 0 Å². The summed E-state index contributed by atoms with van der Waals surface area (Å²) in [7, 11) is 1.61. The van der Waals surface area contributed by atoms with E-state index < -0.39 is 0 Å². The van der Waals surface area contributed by atoms with E-state index in [4.69, 9.17) is 14.2 Å². The molecule has 33 heavy (non-hydrogen) atoms. The van der Waals surface area contributed by atoms with Crippen LogP contribution < -0.4 is 19.5 Å². The van der Waals surface area contributed by atoms with Crippen molar-refractivity contribution in [1.29, 1.82) is 0 Å². The average molecular weight is 449 g/mol. The Morgan fingerprint density at radius 3 is 2.48 bits per heavy atom. The van der Waals surface area contributed by atoms with Crippen LogP contribution in [0.1, 0.15) is 41.5 Å². The lowest BCUT2D eigenvalue weighted by atomic mass is 10.1. The highest BCUT2D eigenvalue weighted by atomic mass is 16.5. The number of amides is 1. The van der Waals surface area contributed by atoms with Gasteiger partial charge in [0.15, 0.2) is 11.5 Å². The first kappa shape index (κ1) is 24.1. The Kier molecular flexibility index (Phi) is 9.12. The van der Waals surface area contributed by atoms with E-state index in [0.717, 1.165) is 35.3 Å². The molecule has 0 bridgehead atoms. The van der Waals surface area contributed by atoms with Gasteiger partial charge in [0.25, 0.3) is 0 Å². The van der Waals surface area contributed by atoms with Crippen molar-refractivity contribution in [1.82, 2.24) is 10.3 Å². The molecule has 1 heterocycles. The minimum Gasteiger partial charge on any atom is -0.493 e. The number of carbonyl (C=O) groups excluding carboxylic acids is 1. The molecule has 0 aliphatic rings. The number of nitrogens with zero attached hydrogens (tertiary/aromatic N) is 1. The molecule has 0 atom stereocenters. The highest BCUT2D eigenvalue weighted by Crippen LogP contribution is 2.29. The molecular formula is C27H32N2O4. The van der Waals surface area contributed by atoms with Crippen LogP contribution in [0, 0.1) is 13.8 Å². The van der Waals surface area contributed by atoms with Crippen LogP contribution in [0.15, 0.2) is 60.9 Å². The van der Waals surface area contributed by atoms with E-state index in [1.807, 2.05) is 43.3 Å². The van der Waals surface area contributed by atoms with Crippen LogP contribution in [0.5, 0.6) is 17.2 Å². The second-order valence-corrected chi connectivity index (χ2v) is 7.98. The van der Waals surface area contributed by atoms with Gasteiger partial charge in [-0.05, 0) is 79.3 Å². The molecule has 0 aliphatic heterocycles. The Morgan fingerprint density at radius 1 is 0.879 bits per heavy atom. The summed E-state index contributed by atoms with van der Waals surface area (Å²) in [5.41, 5.74) is 4.29. The van der Waals surface area contributed by atoms with Crippen molar-refractivity contribution in [2.24, 2.45) is 0 Å². The lowest BCUT2D eigenvalue weighted by molar-refractivity contribution is -0.121. The summed E-state index contributed by atoms with van der Waals surface area (Å²) < 4.78 is 17.2. The number of nitrogens with one attached hydrogen (secondary N) is 1. The highest BCUT2D eigenvalue weighted by Gasteiger charge is 2.08. The van der Waals surface area contributed by atoms with Gasteiger partial charge in [0, 0.05) is 25.4 Å². The molecule has 0 unspecified atom stereocenters. The number of ether oxygens (including phenoxy) is 3. The zero-order valence-electron chi connectivity index (χ0n) is 19.6. The SMILES string of the molecule is COc1cc(CNC(=O)CCCCOc2cc(C)ccc2C)ccc1OCc1ccncc1. The van der Waals surface area contributed by atoms with Gasteiger partial charge in [0.1, 0.15) is 12.4 Å². The fraction of sp³-hybridized carbons (Fsp3) is 0.333. The quantitative estimate of drug-likeness (QED) is 0.388. The van der Waals surface area contributed by atoms with E-state index in [0.29, 0.717) is 37.7 Å². The normalized spacial score (nSPS) is 10.5. The number of aryl methyl sites for hydroxylation is 2. The molecule has 0 radical (unpaired) electrons. The summed E-state index contributed by atoms with van der Waals surface area (Å²) in [5, 5.41) is 2.97. The van der Waals surface area contributed by atoms with E-state index in [1.165, 1.54) is 5.56 Å². The predicted octanol–water partition coefficient (Wildman–Crippen LogP) is 5.15. The molecular weight excluding hydrogens is 416 g/mol. The maximum absolute atomic E-state index is 12.2. The number of unbranched alkanes of at least 4 members (excludes halogenated alkanes) is 1. The third-order valence-corrected chi connectivity index (χ3v) is 5.26. The minimum absolute atomic E-state index is 0.0266. The monoisotopic (exact) mass is 448 g/mol. The minimum atomic E-state index is 0.0266. The van der Waals surface area contributed by atoms with Crippen LogP contribution in [0.3, 0.4) is 0 Å². The number of aromatic nitrogens is 1. The van der Waals surface area contributed by atoms with Gasteiger partial charge in [-0.3, -0.25) is 9.78 Å². The van der Waals surface area contributed by atoms with Crippen molar-refractivity contribution in [2.75, 3.05) is 13.7 Å². The van der Waals surface area contributed by atoms with E-state index in [1.54, 1.807) is 19.5 Å². The standard InChI is InChI=1S/C27H32N2O4/c1-20-7-8-21(2)25(16-20)32-15-5-4-6-27(30)29-18-23-9-10-24(26(17-23)31-3)33-19-22-11-13-28-14-12-22/h7-14,16-17H,4-6,15,18-19H2,1-3H3,(H,29,30). The lowest BCUT2D eigenvalue weighted by Crippen LogP contribution is -2.22. The van der Waals surface area contributed by atoms with Crippen LogP contribution in [0.2, 0.25) is 0 Å². The van der Waals surface area contributed by atoms with Gasteiger partial charge in [0.05, 0.1) is 13.7 Å². The summed E-state index contributed by atoms with van der Waals surface area (Å²) >= 11 is 0. The second kappa shape index (κ2) is 12.5. The number of benzene rings is 2. The first-order chi connectivity index (χ1) is 16.0. The zero-order valence-corrected chi connectivity index (χ0v) is 19.6. The van der Waals surface area contributed by atoms with Crippen molar-refractivity contribution in [2.45, 2.75) is 46.3 Å². The summed E-state index contributed by atoms with van der Waals surface area (Å²) in [6, 6.07) is 15.7. The number of methoxy groups -OCH3 is 1. The number of hydrogen-bond donors (Lipinski definition) is 1. The molecule has 174 valence electrons. The lowest BCUT2D eigenvalue weighted by Gasteiger charge is -2.13. The second-order valence-electron chi connectivity index (χ2n) is 7.98. The highest BCUT2D eigenvalue weighted by molar-refractivity contribution is 5.75. The average Bonchev–Trinajstić information content (AvgIpc) is 2.84. The molecule has 1 amide bonds. The smallest absolute Gasteiger partial charge is 0.220 e. The Bertz CT molecular complexity index is 1040. The fourth-order valence-electron chi connectivity index (χ4n) is 3.30. The van der Waals surface area contributed by atoms with Crippen LogP contribution in [0.25, 0.3) is 0 Å². The van der Waals surface area contributed by atoms with Crippen molar-refractivity contribution >= 4 is 5.91 Å². The van der Waals surface area contributed by atoms with Gasteiger partial charge >= 0.3 is 0 Å². The number of carbonyl (C=O) groups is 1. The molecule has 0 saturated carbocycles. The first-order valence-electron chi connectivity index (χ1n) is 11.2. The molecule has 2 aromatic carbocycles. The number of rotatable bonds is 12. The molecule has 6 nitrogen and oxygen atoms in total. The van der Waals surface area contributed by atoms with E-state index >= 15 is 0 Å². The van der Waals surface area contributed by atoms with Crippen LogP contribution in [-0.2, 0) is 17.9 Å². The van der Waals surface area contributed by atoms with Gasteiger partial charge in [-0.1, -0.05) is 18.2 Å². The number of hydrogen-bond acceptors (Lipinski definition) is 5. The summed E-state index contributed by atoms with van der Waals surface area (Å²) in [6.45, 7) is 5.57. The molecule has 0 saturated heterocycles. The molecule has 6 heteroatoms. The van der Waals surface area contributed by atoms with Crippen molar-refractivity contribution in [3.05, 3.63) is 83.2 Å². The van der Waals surface area contributed by atoms with Crippen molar-refractivity contribution < 1.29 is 19.0 Å². The van der Waals surface area contributed by atoms with Gasteiger partial charge in [0.2, 0.25) is 5.91 Å². The zero-order chi connectivity index (χ0) is 23.5. The Balaban J connectivity index is 1.38. The molecule has 0 spiro atoms. The fourth-order valence-corrected chi connectivity index (χ4v) is 3.30. The predicted molar refractivity (Wildman–Crippen MR) is 129 cm³/mol. The molecule has 0 fully saturated rings. The van der Waals surface area contributed by atoms with Gasteiger partial charge in [-0.2, -0.15) is 0 Å². The molecule has 1 N–H and O–H groups in total. The Morgan fingerprint density at radius 2 is 1.70 bits per heavy atom. The molecule has 3 aromatic rings. The summed E-state index contributed by atoms with van der Waals surface area (Å²) in [5.74, 6) is 2.24. The van der Waals surface area contributed by atoms with Crippen LogP contribution in [-0.4, -0.2) is 24.6 Å². The third kappa shape index (κ3) is 7.83.